The molecule has 1 rings (SSSR count). The van der Waals surface area contributed by atoms with Crippen LogP contribution in [0.1, 0.15) is 30.3 Å². The number of carbonyl (C=O) groups excluding carboxylic acids is 1. The number of amides is 1. The third-order valence-electron chi connectivity index (χ3n) is 2.78. The van der Waals surface area contributed by atoms with Crippen molar-refractivity contribution < 1.29 is 14.3 Å². The minimum absolute atomic E-state index is 0.201. The van der Waals surface area contributed by atoms with Gasteiger partial charge < -0.3 is 14.8 Å². The minimum Gasteiger partial charge on any atom is -0.354 e. The van der Waals surface area contributed by atoms with Gasteiger partial charge in [0.25, 0.3) is 11.5 Å². The van der Waals surface area contributed by atoms with E-state index in [-0.39, 0.29) is 23.7 Å². The monoisotopic (exact) mass is 283 g/mol. The number of hydrogen-bond donors (Lipinski definition) is 1. The van der Waals surface area contributed by atoms with Crippen LogP contribution in [0, 0.1) is 0 Å². The molecule has 0 bridgehead atoms. The summed E-state index contributed by atoms with van der Waals surface area (Å²) in [6.45, 7) is 2.74. The van der Waals surface area contributed by atoms with Crippen molar-refractivity contribution in [2.45, 2.75) is 32.6 Å². The summed E-state index contributed by atoms with van der Waals surface area (Å²) in [6.07, 6.45) is 1.28. The molecule has 0 aliphatic rings. The van der Waals surface area contributed by atoms with Crippen LogP contribution < -0.4 is 10.9 Å². The number of rotatable bonds is 8. The van der Waals surface area contributed by atoms with Crippen LogP contribution in [0.15, 0.2) is 16.9 Å². The maximum Gasteiger partial charge on any atom is 0.271 e. The molecule has 0 unspecified atom stereocenters. The first-order valence-electron chi connectivity index (χ1n) is 6.54. The van der Waals surface area contributed by atoms with E-state index in [1.54, 1.807) is 0 Å². The Bertz CT molecular complexity index is 483. The SMILES string of the molecule is CCCCn1nc(C(=O)NCC(OC)OC)ccc1=O. The predicted molar refractivity (Wildman–Crippen MR) is 73.5 cm³/mol. The van der Waals surface area contributed by atoms with Gasteiger partial charge in [-0.05, 0) is 12.5 Å². The zero-order valence-corrected chi connectivity index (χ0v) is 12.1. The molecule has 0 saturated heterocycles. The van der Waals surface area contributed by atoms with Gasteiger partial charge in [0.15, 0.2) is 6.29 Å². The summed E-state index contributed by atoms with van der Waals surface area (Å²) < 4.78 is 11.2. The molecule has 7 nitrogen and oxygen atoms in total. The van der Waals surface area contributed by atoms with Gasteiger partial charge in [-0.1, -0.05) is 13.3 Å². The second-order valence-electron chi connectivity index (χ2n) is 4.24. The average Bonchev–Trinajstić information content (AvgIpc) is 2.47. The molecule has 0 fully saturated rings. The number of nitrogens with zero attached hydrogens (tertiary/aromatic N) is 2. The Morgan fingerprint density at radius 1 is 1.40 bits per heavy atom. The smallest absolute Gasteiger partial charge is 0.271 e. The van der Waals surface area contributed by atoms with Crippen LogP contribution in [0.3, 0.4) is 0 Å². The van der Waals surface area contributed by atoms with E-state index in [1.165, 1.54) is 31.0 Å². The molecule has 7 heteroatoms. The fourth-order valence-corrected chi connectivity index (χ4v) is 1.57. The molecule has 0 spiro atoms. The summed E-state index contributed by atoms with van der Waals surface area (Å²) in [5.74, 6) is -0.366. The molecule has 1 aromatic rings. The predicted octanol–water partition coefficient (Wildman–Crippen LogP) is 0.392. The second kappa shape index (κ2) is 8.44. The standard InChI is InChI=1S/C13H21N3O4/c1-4-5-8-16-11(17)7-6-10(15-16)13(18)14-9-12(19-2)20-3/h6-7,12H,4-5,8-9H2,1-3H3,(H,14,18). The van der Waals surface area contributed by atoms with Gasteiger partial charge in [0, 0.05) is 26.8 Å². The largest absolute Gasteiger partial charge is 0.354 e. The molecule has 1 aromatic heterocycles. The molecule has 0 radical (unpaired) electrons. The van der Waals surface area contributed by atoms with Crippen molar-refractivity contribution in [3.63, 3.8) is 0 Å². The van der Waals surface area contributed by atoms with Gasteiger partial charge in [-0.15, -0.1) is 0 Å². The van der Waals surface area contributed by atoms with E-state index in [9.17, 15) is 9.59 Å². The summed E-state index contributed by atoms with van der Waals surface area (Å²) in [5, 5.41) is 6.69. The normalized spacial score (nSPS) is 10.8. The van der Waals surface area contributed by atoms with E-state index < -0.39 is 6.29 Å². The Kier molecular flexibility index (Phi) is 6.89. The highest BCUT2D eigenvalue weighted by molar-refractivity contribution is 5.91. The molecule has 1 N–H and O–H groups in total. The van der Waals surface area contributed by atoms with Crippen LogP contribution in [-0.2, 0) is 16.0 Å². The van der Waals surface area contributed by atoms with E-state index in [2.05, 4.69) is 10.4 Å². The Morgan fingerprint density at radius 2 is 2.10 bits per heavy atom. The van der Waals surface area contributed by atoms with Gasteiger partial charge in [-0.2, -0.15) is 5.10 Å². The highest BCUT2D eigenvalue weighted by atomic mass is 16.7. The number of hydrogen-bond acceptors (Lipinski definition) is 5. The van der Waals surface area contributed by atoms with E-state index in [0.29, 0.717) is 6.54 Å². The molecule has 20 heavy (non-hydrogen) atoms. The first-order valence-corrected chi connectivity index (χ1v) is 6.54. The van der Waals surface area contributed by atoms with Gasteiger partial charge in [0.05, 0.1) is 6.54 Å². The zero-order chi connectivity index (χ0) is 15.0. The quantitative estimate of drug-likeness (QED) is 0.698. The molecule has 0 aliphatic heterocycles. The Balaban J connectivity index is 2.70. The molecule has 0 saturated carbocycles. The third kappa shape index (κ3) is 4.75. The van der Waals surface area contributed by atoms with Gasteiger partial charge >= 0.3 is 0 Å². The second-order valence-corrected chi connectivity index (χ2v) is 4.24. The maximum absolute atomic E-state index is 11.9. The molecule has 0 aromatic carbocycles. The van der Waals surface area contributed by atoms with Crippen LogP contribution in [0.2, 0.25) is 0 Å². The van der Waals surface area contributed by atoms with Crippen molar-refractivity contribution in [2.75, 3.05) is 20.8 Å². The van der Waals surface area contributed by atoms with E-state index in [0.717, 1.165) is 12.8 Å². The summed E-state index contributed by atoms with van der Waals surface area (Å²) in [5.41, 5.74) is -0.00619. The number of carbonyl (C=O) groups is 1. The lowest BCUT2D eigenvalue weighted by atomic mass is 10.3. The highest BCUT2D eigenvalue weighted by Crippen LogP contribution is 1.95. The minimum atomic E-state index is -0.509. The lowest BCUT2D eigenvalue weighted by molar-refractivity contribution is -0.0974. The highest BCUT2D eigenvalue weighted by Gasteiger charge is 2.12. The molecular weight excluding hydrogens is 262 g/mol. The topological polar surface area (TPSA) is 82.5 Å². The van der Waals surface area contributed by atoms with Crippen molar-refractivity contribution in [1.82, 2.24) is 15.1 Å². The maximum atomic E-state index is 11.9. The van der Waals surface area contributed by atoms with Crippen LogP contribution in [0.4, 0.5) is 0 Å². The fraction of sp³-hybridized carbons (Fsp3) is 0.615. The first kappa shape index (κ1) is 16.3. The van der Waals surface area contributed by atoms with Gasteiger partial charge in [0.2, 0.25) is 0 Å². The number of nitrogens with one attached hydrogen (secondary N) is 1. The number of unbranched alkanes of at least 4 members (excludes halogenated alkanes) is 1. The van der Waals surface area contributed by atoms with Crippen LogP contribution >= 0.6 is 0 Å². The van der Waals surface area contributed by atoms with Crippen molar-refractivity contribution in [3.8, 4) is 0 Å². The molecule has 112 valence electrons. The van der Waals surface area contributed by atoms with Crippen molar-refractivity contribution in [1.29, 1.82) is 0 Å². The van der Waals surface area contributed by atoms with Crippen LogP contribution in [0.25, 0.3) is 0 Å². The zero-order valence-electron chi connectivity index (χ0n) is 12.1. The number of aromatic nitrogens is 2. The molecule has 0 aliphatic carbocycles. The summed E-state index contributed by atoms with van der Waals surface area (Å²) in [6, 6.07) is 2.76. The Hall–Kier alpha value is -1.73. The van der Waals surface area contributed by atoms with Gasteiger partial charge in [-0.25, -0.2) is 4.68 Å². The van der Waals surface area contributed by atoms with Crippen LogP contribution in [0.5, 0.6) is 0 Å². The number of ether oxygens (including phenoxy) is 2. The lowest BCUT2D eigenvalue weighted by Crippen LogP contribution is -2.35. The number of methoxy groups -OCH3 is 2. The molecule has 1 amide bonds. The molecular formula is C13H21N3O4. The Labute approximate surface area is 117 Å². The van der Waals surface area contributed by atoms with Crippen molar-refractivity contribution in [2.24, 2.45) is 0 Å². The van der Waals surface area contributed by atoms with E-state index in [1.807, 2.05) is 6.92 Å². The summed E-state index contributed by atoms with van der Waals surface area (Å²) in [7, 11) is 2.98. The van der Waals surface area contributed by atoms with Crippen molar-refractivity contribution in [3.05, 3.63) is 28.2 Å². The summed E-state index contributed by atoms with van der Waals surface area (Å²) in [4.78, 5) is 23.5. The Morgan fingerprint density at radius 3 is 2.70 bits per heavy atom. The molecule has 0 atom stereocenters. The van der Waals surface area contributed by atoms with Gasteiger partial charge in [-0.3, -0.25) is 9.59 Å². The van der Waals surface area contributed by atoms with Gasteiger partial charge in [0.1, 0.15) is 5.69 Å². The van der Waals surface area contributed by atoms with E-state index in [4.69, 9.17) is 9.47 Å². The number of aryl methyl sites for hydroxylation is 1. The lowest BCUT2D eigenvalue weighted by Gasteiger charge is -2.14. The first-order chi connectivity index (χ1) is 9.62. The summed E-state index contributed by atoms with van der Waals surface area (Å²) >= 11 is 0. The average molecular weight is 283 g/mol. The fourth-order valence-electron chi connectivity index (χ4n) is 1.57. The van der Waals surface area contributed by atoms with Crippen LogP contribution in [-0.4, -0.2) is 42.7 Å². The van der Waals surface area contributed by atoms with E-state index >= 15 is 0 Å². The third-order valence-corrected chi connectivity index (χ3v) is 2.78. The van der Waals surface area contributed by atoms with Crippen molar-refractivity contribution >= 4 is 5.91 Å². The molecule has 1 heterocycles.